The highest BCUT2D eigenvalue weighted by molar-refractivity contribution is 5.83. The Hall–Kier alpha value is -1.97. The van der Waals surface area contributed by atoms with Crippen LogP contribution in [0.1, 0.15) is 10.6 Å². The normalized spacial score (nSPS) is 10.1. The molecule has 14 heavy (non-hydrogen) atoms. The van der Waals surface area contributed by atoms with Crippen LogP contribution in [0.3, 0.4) is 0 Å². The summed E-state index contributed by atoms with van der Waals surface area (Å²) in [6.07, 6.45) is 1.94. The molecule has 0 saturated heterocycles. The Bertz CT molecular complexity index is 465. The van der Waals surface area contributed by atoms with Crippen molar-refractivity contribution in [1.29, 1.82) is 0 Å². The topological polar surface area (TPSA) is 43.1 Å². The average Bonchev–Trinajstić information content (AvgIpc) is 2.65. The molecule has 0 N–H and O–H groups in total. The summed E-state index contributed by atoms with van der Waals surface area (Å²) in [4.78, 5) is 10.5. The molecule has 70 valence electrons. The molecule has 4 heteroatoms. The number of hydrogen-bond acceptors (Lipinski definition) is 3. The van der Waals surface area contributed by atoms with E-state index in [1.165, 1.54) is 18.3 Å². The Balaban J connectivity index is 2.54. The van der Waals surface area contributed by atoms with Gasteiger partial charge in [0.2, 0.25) is 5.76 Å². The minimum absolute atomic E-state index is 0.107. The SMILES string of the molecule is O=Cc1oncc1-c1cccc(F)c1. The van der Waals surface area contributed by atoms with E-state index >= 15 is 0 Å². The predicted molar refractivity (Wildman–Crippen MR) is 47.3 cm³/mol. The van der Waals surface area contributed by atoms with Crippen LogP contribution in [0.4, 0.5) is 4.39 Å². The third kappa shape index (κ3) is 1.42. The van der Waals surface area contributed by atoms with Gasteiger partial charge in [0.15, 0.2) is 6.29 Å². The van der Waals surface area contributed by atoms with Crippen LogP contribution in [0.25, 0.3) is 11.1 Å². The van der Waals surface area contributed by atoms with Gasteiger partial charge in [-0.25, -0.2) is 4.39 Å². The molecule has 0 aliphatic rings. The molecule has 2 rings (SSSR count). The smallest absolute Gasteiger partial charge is 0.207 e. The van der Waals surface area contributed by atoms with E-state index in [2.05, 4.69) is 9.68 Å². The molecule has 0 spiro atoms. The lowest BCUT2D eigenvalue weighted by Gasteiger charge is -1.96. The molecule has 1 heterocycles. The van der Waals surface area contributed by atoms with Gasteiger partial charge in [-0.05, 0) is 17.7 Å². The summed E-state index contributed by atoms with van der Waals surface area (Å²) >= 11 is 0. The van der Waals surface area contributed by atoms with Crippen LogP contribution in [0, 0.1) is 5.82 Å². The van der Waals surface area contributed by atoms with Gasteiger partial charge in [-0.3, -0.25) is 4.79 Å². The fraction of sp³-hybridized carbons (Fsp3) is 0. The van der Waals surface area contributed by atoms with Gasteiger partial charge in [0.25, 0.3) is 0 Å². The third-order valence-electron chi connectivity index (χ3n) is 1.84. The second kappa shape index (κ2) is 3.41. The van der Waals surface area contributed by atoms with Crippen molar-refractivity contribution in [1.82, 2.24) is 5.16 Å². The predicted octanol–water partition coefficient (Wildman–Crippen LogP) is 2.29. The number of halogens is 1. The van der Waals surface area contributed by atoms with Crippen LogP contribution >= 0.6 is 0 Å². The molecule has 3 nitrogen and oxygen atoms in total. The van der Waals surface area contributed by atoms with E-state index in [9.17, 15) is 9.18 Å². The fourth-order valence-corrected chi connectivity index (χ4v) is 1.21. The lowest BCUT2D eigenvalue weighted by Crippen LogP contribution is -1.82. The van der Waals surface area contributed by atoms with Crippen molar-refractivity contribution in [3.63, 3.8) is 0 Å². The molecule has 0 aliphatic heterocycles. The largest absolute Gasteiger partial charge is 0.353 e. The van der Waals surface area contributed by atoms with Crippen molar-refractivity contribution in [2.75, 3.05) is 0 Å². The Labute approximate surface area is 79.1 Å². The Morgan fingerprint density at radius 1 is 1.43 bits per heavy atom. The molecular weight excluding hydrogens is 185 g/mol. The first-order chi connectivity index (χ1) is 6.81. The lowest BCUT2D eigenvalue weighted by atomic mass is 10.1. The molecule has 1 aromatic heterocycles. The van der Waals surface area contributed by atoms with Gasteiger partial charge < -0.3 is 4.52 Å². The van der Waals surface area contributed by atoms with Crippen LogP contribution in [-0.2, 0) is 0 Å². The molecule has 0 atom stereocenters. The summed E-state index contributed by atoms with van der Waals surface area (Å²) in [5, 5.41) is 3.47. The van der Waals surface area contributed by atoms with E-state index in [1.807, 2.05) is 0 Å². The van der Waals surface area contributed by atoms with Crippen LogP contribution in [0.2, 0.25) is 0 Å². The molecule has 0 aliphatic carbocycles. The van der Waals surface area contributed by atoms with Crippen molar-refractivity contribution >= 4 is 6.29 Å². The Kier molecular flexibility index (Phi) is 2.10. The zero-order chi connectivity index (χ0) is 9.97. The number of nitrogens with zero attached hydrogens (tertiary/aromatic N) is 1. The van der Waals surface area contributed by atoms with Crippen molar-refractivity contribution in [2.24, 2.45) is 0 Å². The highest BCUT2D eigenvalue weighted by Gasteiger charge is 2.09. The molecule has 0 saturated carbocycles. The summed E-state index contributed by atoms with van der Waals surface area (Å²) in [7, 11) is 0. The van der Waals surface area contributed by atoms with Gasteiger partial charge in [0.05, 0.1) is 11.8 Å². The minimum Gasteiger partial charge on any atom is -0.353 e. The number of carbonyl (C=O) groups is 1. The number of rotatable bonds is 2. The quantitative estimate of drug-likeness (QED) is 0.684. The Morgan fingerprint density at radius 3 is 3.00 bits per heavy atom. The summed E-state index contributed by atoms with van der Waals surface area (Å²) in [5.41, 5.74) is 1.08. The zero-order valence-corrected chi connectivity index (χ0v) is 7.11. The van der Waals surface area contributed by atoms with Crippen molar-refractivity contribution < 1.29 is 13.7 Å². The summed E-state index contributed by atoms with van der Waals surface area (Å²) < 4.78 is 17.5. The Morgan fingerprint density at radius 2 is 2.29 bits per heavy atom. The van der Waals surface area contributed by atoms with Gasteiger partial charge in [-0.1, -0.05) is 17.3 Å². The highest BCUT2D eigenvalue weighted by Crippen LogP contribution is 2.22. The van der Waals surface area contributed by atoms with Gasteiger partial charge in [0.1, 0.15) is 5.82 Å². The number of carbonyl (C=O) groups excluding carboxylic acids is 1. The maximum atomic E-state index is 12.9. The maximum absolute atomic E-state index is 12.9. The van der Waals surface area contributed by atoms with Crippen molar-refractivity contribution in [2.45, 2.75) is 0 Å². The zero-order valence-electron chi connectivity index (χ0n) is 7.11. The van der Waals surface area contributed by atoms with E-state index in [0.29, 0.717) is 17.4 Å². The van der Waals surface area contributed by atoms with E-state index < -0.39 is 0 Å². The lowest BCUT2D eigenvalue weighted by molar-refractivity contribution is 0.109. The van der Waals surface area contributed by atoms with Crippen LogP contribution in [-0.4, -0.2) is 11.4 Å². The maximum Gasteiger partial charge on any atom is 0.207 e. The summed E-state index contributed by atoms with van der Waals surface area (Å²) in [5.74, 6) is -0.254. The van der Waals surface area contributed by atoms with Crippen molar-refractivity contribution in [3.8, 4) is 11.1 Å². The minimum atomic E-state index is -0.361. The molecule has 2 aromatic rings. The van der Waals surface area contributed by atoms with Gasteiger partial charge in [-0.2, -0.15) is 0 Å². The van der Waals surface area contributed by atoms with Gasteiger partial charge >= 0.3 is 0 Å². The molecule has 0 amide bonds. The third-order valence-corrected chi connectivity index (χ3v) is 1.84. The second-order valence-electron chi connectivity index (χ2n) is 2.73. The van der Waals surface area contributed by atoms with Crippen LogP contribution in [0.5, 0.6) is 0 Å². The summed E-state index contributed by atoms with van der Waals surface area (Å²) in [6.45, 7) is 0. The molecule has 0 bridgehead atoms. The summed E-state index contributed by atoms with van der Waals surface area (Å²) in [6, 6.07) is 5.89. The first-order valence-corrected chi connectivity index (χ1v) is 3.97. The first-order valence-electron chi connectivity index (χ1n) is 3.97. The van der Waals surface area contributed by atoms with E-state index in [0.717, 1.165) is 0 Å². The standard InChI is InChI=1S/C10H6FNO2/c11-8-3-1-2-7(4-8)9-5-12-14-10(9)6-13/h1-6H. The number of hydrogen-bond donors (Lipinski definition) is 0. The van der Waals surface area contributed by atoms with Gasteiger partial charge in [-0.15, -0.1) is 0 Å². The van der Waals surface area contributed by atoms with Gasteiger partial charge in [0, 0.05) is 0 Å². The molecule has 0 radical (unpaired) electrons. The molecule has 1 aromatic carbocycles. The molecular formula is C10H6FNO2. The number of aldehydes is 1. The number of benzene rings is 1. The fourth-order valence-electron chi connectivity index (χ4n) is 1.21. The average molecular weight is 191 g/mol. The molecule has 0 unspecified atom stereocenters. The first kappa shape index (κ1) is 8.62. The van der Waals surface area contributed by atoms with E-state index in [1.54, 1.807) is 12.1 Å². The highest BCUT2D eigenvalue weighted by atomic mass is 19.1. The van der Waals surface area contributed by atoms with Crippen LogP contribution < -0.4 is 0 Å². The van der Waals surface area contributed by atoms with E-state index in [4.69, 9.17) is 0 Å². The van der Waals surface area contributed by atoms with Crippen LogP contribution in [0.15, 0.2) is 35.0 Å². The number of aromatic nitrogens is 1. The second-order valence-corrected chi connectivity index (χ2v) is 2.73. The van der Waals surface area contributed by atoms with Crippen molar-refractivity contribution in [3.05, 3.63) is 42.0 Å². The van der Waals surface area contributed by atoms with E-state index in [-0.39, 0.29) is 11.6 Å². The molecule has 0 fully saturated rings. The monoisotopic (exact) mass is 191 g/mol.